The Labute approximate surface area is 115 Å². The van der Waals surface area contributed by atoms with E-state index in [2.05, 4.69) is 0 Å². The maximum atomic E-state index is 11.8. The molecule has 0 radical (unpaired) electrons. The molecule has 4 heteroatoms. The summed E-state index contributed by atoms with van der Waals surface area (Å²) < 4.78 is 5.56. The Morgan fingerprint density at radius 1 is 1.21 bits per heavy atom. The Kier molecular flexibility index (Phi) is 7.66. The fourth-order valence-electron chi connectivity index (χ4n) is 1.73. The van der Waals surface area contributed by atoms with Gasteiger partial charge < -0.3 is 15.4 Å². The lowest BCUT2D eigenvalue weighted by molar-refractivity contribution is -0.130. The van der Waals surface area contributed by atoms with Gasteiger partial charge in [0.05, 0.1) is 6.54 Å². The number of hydrogen-bond donors (Lipinski definition) is 1. The number of ether oxygens (including phenoxy) is 1. The zero-order chi connectivity index (χ0) is 13.9. The van der Waals surface area contributed by atoms with Crippen molar-refractivity contribution in [3.8, 4) is 5.75 Å². The minimum Gasteiger partial charge on any atom is -0.492 e. The molecule has 0 fully saturated rings. The number of benzene rings is 1. The highest BCUT2D eigenvalue weighted by molar-refractivity contribution is 5.75. The highest BCUT2D eigenvalue weighted by Gasteiger charge is 2.07. The van der Waals surface area contributed by atoms with Crippen molar-refractivity contribution in [2.45, 2.75) is 25.7 Å². The molecule has 19 heavy (non-hydrogen) atoms. The van der Waals surface area contributed by atoms with E-state index >= 15 is 0 Å². The van der Waals surface area contributed by atoms with Gasteiger partial charge in [0.25, 0.3) is 0 Å². The molecule has 106 valence electrons. The lowest BCUT2D eigenvalue weighted by atomic mass is 10.2. The number of nitrogens with two attached hydrogens (primary N) is 1. The van der Waals surface area contributed by atoms with E-state index in [1.54, 1.807) is 4.90 Å². The third-order valence-corrected chi connectivity index (χ3v) is 2.96. The highest BCUT2D eigenvalue weighted by atomic mass is 16.5. The van der Waals surface area contributed by atoms with Gasteiger partial charge in [0.15, 0.2) is 0 Å². The van der Waals surface area contributed by atoms with Crippen LogP contribution in [0.15, 0.2) is 30.3 Å². The number of carbonyl (C=O) groups excluding carboxylic acids is 1. The molecule has 0 aliphatic carbocycles. The van der Waals surface area contributed by atoms with Crippen LogP contribution in [-0.2, 0) is 4.79 Å². The maximum Gasteiger partial charge on any atom is 0.222 e. The van der Waals surface area contributed by atoms with Crippen molar-refractivity contribution in [2.24, 2.45) is 5.73 Å². The van der Waals surface area contributed by atoms with Gasteiger partial charge in [-0.25, -0.2) is 0 Å². The summed E-state index contributed by atoms with van der Waals surface area (Å²) in [6, 6.07) is 9.64. The van der Waals surface area contributed by atoms with Crippen LogP contribution in [0.1, 0.15) is 25.7 Å². The monoisotopic (exact) mass is 264 g/mol. The lowest BCUT2D eigenvalue weighted by Crippen LogP contribution is -2.30. The van der Waals surface area contributed by atoms with Crippen LogP contribution >= 0.6 is 0 Å². The average Bonchev–Trinajstić information content (AvgIpc) is 2.44. The number of unbranched alkanes of at least 4 members (excludes halogenated alkanes) is 2. The van der Waals surface area contributed by atoms with Crippen molar-refractivity contribution in [3.05, 3.63) is 30.3 Å². The molecule has 1 amide bonds. The summed E-state index contributed by atoms with van der Waals surface area (Å²) in [5.74, 6) is 1.01. The Hall–Kier alpha value is -1.55. The molecule has 4 nitrogen and oxygen atoms in total. The maximum absolute atomic E-state index is 11.8. The normalized spacial score (nSPS) is 10.2. The summed E-state index contributed by atoms with van der Waals surface area (Å²) in [6.07, 6.45) is 3.53. The minimum atomic E-state index is 0.175. The standard InChI is InChI=1S/C15H24N2O2/c1-17(15(18)10-6-3-7-11-16)12-13-19-14-8-4-2-5-9-14/h2,4-5,8-9H,3,6-7,10-13,16H2,1H3. The van der Waals surface area contributed by atoms with E-state index in [9.17, 15) is 4.79 Å². The molecule has 0 saturated heterocycles. The number of rotatable bonds is 9. The predicted molar refractivity (Wildman–Crippen MR) is 77.1 cm³/mol. The van der Waals surface area contributed by atoms with Crippen LogP contribution in [0.4, 0.5) is 0 Å². The van der Waals surface area contributed by atoms with Crippen LogP contribution in [0.3, 0.4) is 0 Å². The summed E-state index contributed by atoms with van der Waals surface area (Å²) in [5.41, 5.74) is 5.41. The Bertz CT molecular complexity index is 354. The van der Waals surface area contributed by atoms with E-state index in [0.717, 1.165) is 25.0 Å². The number of nitrogens with zero attached hydrogens (tertiary/aromatic N) is 1. The van der Waals surface area contributed by atoms with Crippen LogP contribution in [0.2, 0.25) is 0 Å². The van der Waals surface area contributed by atoms with Crippen LogP contribution in [-0.4, -0.2) is 37.6 Å². The first-order chi connectivity index (χ1) is 9.24. The van der Waals surface area contributed by atoms with Crippen LogP contribution < -0.4 is 10.5 Å². The van der Waals surface area contributed by atoms with E-state index in [4.69, 9.17) is 10.5 Å². The molecule has 0 aromatic heterocycles. The van der Waals surface area contributed by atoms with E-state index in [-0.39, 0.29) is 5.91 Å². The SMILES string of the molecule is CN(CCOc1ccccc1)C(=O)CCCCCN. The molecule has 2 N–H and O–H groups in total. The average molecular weight is 264 g/mol. The first-order valence-electron chi connectivity index (χ1n) is 6.86. The number of carbonyl (C=O) groups is 1. The summed E-state index contributed by atoms with van der Waals surface area (Å²) in [6.45, 7) is 1.84. The third-order valence-electron chi connectivity index (χ3n) is 2.96. The van der Waals surface area contributed by atoms with Crippen LogP contribution in [0.5, 0.6) is 5.75 Å². The van der Waals surface area contributed by atoms with Crippen molar-refractivity contribution in [3.63, 3.8) is 0 Å². The fraction of sp³-hybridized carbons (Fsp3) is 0.533. The van der Waals surface area contributed by atoms with Gasteiger partial charge in [-0.2, -0.15) is 0 Å². The summed E-state index contributed by atoms with van der Waals surface area (Å²) in [5, 5.41) is 0. The zero-order valence-electron chi connectivity index (χ0n) is 11.7. The van der Waals surface area contributed by atoms with Crippen molar-refractivity contribution >= 4 is 5.91 Å². The largest absolute Gasteiger partial charge is 0.492 e. The second kappa shape index (κ2) is 9.39. The van der Waals surface area contributed by atoms with E-state index in [1.165, 1.54) is 0 Å². The lowest BCUT2D eigenvalue weighted by Gasteiger charge is -2.17. The third kappa shape index (κ3) is 6.82. The first kappa shape index (κ1) is 15.5. The Morgan fingerprint density at radius 3 is 2.63 bits per heavy atom. The van der Waals surface area contributed by atoms with Gasteiger partial charge in [0.1, 0.15) is 12.4 Å². The van der Waals surface area contributed by atoms with Gasteiger partial charge in [0.2, 0.25) is 5.91 Å². The van der Waals surface area contributed by atoms with Gasteiger partial charge in [0, 0.05) is 13.5 Å². The smallest absolute Gasteiger partial charge is 0.222 e. The van der Waals surface area contributed by atoms with Gasteiger partial charge in [-0.1, -0.05) is 24.6 Å². The number of amides is 1. The second-order valence-electron chi connectivity index (χ2n) is 4.58. The van der Waals surface area contributed by atoms with Crippen molar-refractivity contribution < 1.29 is 9.53 Å². The Balaban J connectivity index is 2.12. The molecule has 0 bridgehead atoms. The minimum absolute atomic E-state index is 0.175. The molecular weight excluding hydrogens is 240 g/mol. The molecule has 1 aromatic rings. The molecule has 0 saturated carbocycles. The topological polar surface area (TPSA) is 55.6 Å². The predicted octanol–water partition coefficient (Wildman–Crippen LogP) is 2.04. The van der Waals surface area contributed by atoms with Gasteiger partial charge >= 0.3 is 0 Å². The van der Waals surface area contributed by atoms with Crippen molar-refractivity contribution in [2.75, 3.05) is 26.7 Å². The van der Waals surface area contributed by atoms with Crippen molar-refractivity contribution in [1.82, 2.24) is 4.90 Å². The molecule has 1 rings (SSSR count). The highest BCUT2D eigenvalue weighted by Crippen LogP contribution is 2.08. The number of para-hydroxylation sites is 1. The van der Waals surface area contributed by atoms with E-state index in [1.807, 2.05) is 37.4 Å². The molecule has 1 aromatic carbocycles. The quantitative estimate of drug-likeness (QED) is 0.694. The van der Waals surface area contributed by atoms with Crippen LogP contribution in [0, 0.1) is 0 Å². The molecule has 0 atom stereocenters. The molecule has 0 spiro atoms. The molecule has 0 aliphatic rings. The number of hydrogen-bond acceptors (Lipinski definition) is 3. The summed E-state index contributed by atoms with van der Waals surface area (Å²) in [7, 11) is 1.82. The molecular formula is C15H24N2O2. The second-order valence-corrected chi connectivity index (χ2v) is 4.58. The number of likely N-dealkylation sites (N-methyl/N-ethyl adjacent to an activating group) is 1. The first-order valence-corrected chi connectivity index (χ1v) is 6.86. The van der Waals surface area contributed by atoms with Crippen molar-refractivity contribution in [1.29, 1.82) is 0 Å². The van der Waals surface area contributed by atoms with E-state index in [0.29, 0.717) is 26.1 Å². The summed E-state index contributed by atoms with van der Waals surface area (Å²) in [4.78, 5) is 13.5. The summed E-state index contributed by atoms with van der Waals surface area (Å²) >= 11 is 0. The van der Waals surface area contributed by atoms with Gasteiger partial charge in [-0.15, -0.1) is 0 Å². The fourth-order valence-corrected chi connectivity index (χ4v) is 1.73. The molecule has 0 aliphatic heterocycles. The van der Waals surface area contributed by atoms with E-state index < -0.39 is 0 Å². The van der Waals surface area contributed by atoms with Gasteiger partial charge in [-0.05, 0) is 31.5 Å². The Morgan fingerprint density at radius 2 is 1.95 bits per heavy atom. The zero-order valence-corrected chi connectivity index (χ0v) is 11.7. The molecule has 0 unspecified atom stereocenters. The van der Waals surface area contributed by atoms with Gasteiger partial charge in [-0.3, -0.25) is 4.79 Å². The van der Waals surface area contributed by atoms with Crippen LogP contribution in [0.25, 0.3) is 0 Å². The molecule has 0 heterocycles.